The third-order valence-electron chi connectivity index (χ3n) is 6.89. The molecule has 3 rings (SSSR count). The minimum Gasteiger partial charge on any atom is -0.379 e. The van der Waals surface area contributed by atoms with E-state index < -0.39 is 33.0 Å². The maximum absolute atomic E-state index is 12.9. The topological polar surface area (TPSA) is 206 Å². The first kappa shape index (κ1) is 33.6. The molecule has 1 heterocycles. The Morgan fingerprint density at radius 1 is 0.930 bits per heavy atom. The van der Waals surface area contributed by atoms with Crippen LogP contribution in [0.2, 0.25) is 0 Å². The van der Waals surface area contributed by atoms with E-state index >= 15 is 0 Å². The Labute approximate surface area is 256 Å². The summed E-state index contributed by atoms with van der Waals surface area (Å²) in [5.74, 6) is -1.74. The molecule has 1 aliphatic carbocycles. The molecule has 1 fully saturated rings. The molecule has 0 atom stereocenters. The number of nitrogens with zero attached hydrogens (tertiary/aromatic N) is 2. The summed E-state index contributed by atoms with van der Waals surface area (Å²) in [6.07, 6.45) is 1.89. The van der Waals surface area contributed by atoms with E-state index in [0.29, 0.717) is 31.4 Å². The molecule has 1 aromatic heterocycles. The van der Waals surface area contributed by atoms with Gasteiger partial charge in [-0.2, -0.15) is 17.7 Å². The molecule has 0 spiro atoms. The van der Waals surface area contributed by atoms with E-state index in [0.717, 1.165) is 16.8 Å². The monoisotopic (exact) mass is 634 g/mol. The fourth-order valence-electron chi connectivity index (χ4n) is 4.49. The Morgan fingerprint density at radius 3 is 2.16 bits per heavy atom. The Balaban J connectivity index is 1.52. The number of thiol groups is 1. The second kappa shape index (κ2) is 15.5. The molecule has 1 saturated carbocycles. The molecule has 4 amide bonds. The molecule has 2 aromatic rings. The molecule has 16 heteroatoms. The summed E-state index contributed by atoms with van der Waals surface area (Å²) in [7, 11) is -3.62. The molecule has 1 aromatic carbocycles. The Morgan fingerprint density at radius 2 is 1.53 bits per heavy atom. The number of primary sulfonamides is 1. The van der Waals surface area contributed by atoms with Crippen LogP contribution in [0.3, 0.4) is 0 Å². The third-order valence-corrected chi connectivity index (χ3v) is 8.58. The molecule has 0 bridgehead atoms. The van der Waals surface area contributed by atoms with E-state index in [9.17, 15) is 27.6 Å². The van der Waals surface area contributed by atoms with Crippen molar-refractivity contribution in [2.75, 3.05) is 32.1 Å². The number of aryl methyl sites for hydroxylation is 1. The van der Waals surface area contributed by atoms with Gasteiger partial charge >= 0.3 is 0 Å². The summed E-state index contributed by atoms with van der Waals surface area (Å²) in [6, 6.07) is 9.32. The van der Waals surface area contributed by atoms with Crippen molar-refractivity contribution < 1.29 is 27.6 Å². The maximum Gasteiger partial charge on any atom is 0.273 e. The highest BCUT2D eigenvalue weighted by Gasteiger charge is 2.31. The quantitative estimate of drug-likeness (QED) is 0.108. The van der Waals surface area contributed by atoms with Gasteiger partial charge in [-0.05, 0) is 44.2 Å². The SMILES string of the molecule is C=C(CNC(=O)CS)NCC(=O)NCC(=O)NCNC(=O)c1cc(-c2ccc(C)cc2)n(C2CCC(S(N)(=O)=O)CC2)n1. The van der Waals surface area contributed by atoms with Crippen LogP contribution in [0, 0.1) is 6.92 Å². The highest BCUT2D eigenvalue weighted by atomic mass is 32.2. The molecule has 1 aliphatic rings. The molecule has 43 heavy (non-hydrogen) atoms. The van der Waals surface area contributed by atoms with Crippen molar-refractivity contribution in [3.63, 3.8) is 0 Å². The van der Waals surface area contributed by atoms with Gasteiger partial charge in [0.2, 0.25) is 27.7 Å². The maximum atomic E-state index is 12.9. The lowest BCUT2D eigenvalue weighted by molar-refractivity contribution is -0.125. The fourth-order valence-corrected chi connectivity index (χ4v) is 5.53. The lowest BCUT2D eigenvalue weighted by Crippen LogP contribution is -2.44. The van der Waals surface area contributed by atoms with Gasteiger partial charge in [-0.3, -0.25) is 23.9 Å². The van der Waals surface area contributed by atoms with Crippen molar-refractivity contribution in [1.82, 2.24) is 36.4 Å². The summed E-state index contributed by atoms with van der Waals surface area (Å²) in [6.45, 7) is 5.15. The smallest absolute Gasteiger partial charge is 0.273 e. The zero-order chi connectivity index (χ0) is 31.6. The summed E-state index contributed by atoms with van der Waals surface area (Å²) in [5, 5.41) is 22.1. The Kier molecular flexibility index (Phi) is 12.1. The van der Waals surface area contributed by atoms with E-state index in [1.54, 1.807) is 10.7 Å². The van der Waals surface area contributed by atoms with Gasteiger partial charge in [0.25, 0.3) is 5.91 Å². The van der Waals surface area contributed by atoms with Gasteiger partial charge in [-0.25, -0.2) is 13.6 Å². The van der Waals surface area contributed by atoms with Crippen molar-refractivity contribution >= 4 is 46.3 Å². The van der Waals surface area contributed by atoms with E-state index in [1.165, 1.54) is 0 Å². The minimum atomic E-state index is -3.62. The van der Waals surface area contributed by atoms with Gasteiger partial charge in [-0.1, -0.05) is 36.4 Å². The van der Waals surface area contributed by atoms with Crippen molar-refractivity contribution in [3.8, 4) is 11.3 Å². The highest BCUT2D eigenvalue weighted by Crippen LogP contribution is 2.34. The first-order chi connectivity index (χ1) is 20.4. The van der Waals surface area contributed by atoms with E-state index in [-0.39, 0.29) is 49.7 Å². The van der Waals surface area contributed by atoms with Crippen molar-refractivity contribution in [3.05, 3.63) is 53.9 Å². The Hall–Kier alpha value is -3.89. The van der Waals surface area contributed by atoms with Crippen molar-refractivity contribution in [1.29, 1.82) is 0 Å². The number of sulfonamides is 1. The second-order valence-electron chi connectivity index (χ2n) is 10.2. The number of benzene rings is 1. The van der Waals surface area contributed by atoms with Crippen LogP contribution < -0.4 is 31.7 Å². The average Bonchev–Trinajstić information content (AvgIpc) is 3.43. The molecule has 0 saturated heterocycles. The molecular weight excluding hydrogens is 596 g/mol. The zero-order valence-corrected chi connectivity index (χ0v) is 25.6. The number of rotatable bonds is 14. The van der Waals surface area contributed by atoms with Gasteiger partial charge in [0.05, 0.1) is 49.0 Å². The van der Waals surface area contributed by atoms with E-state index in [1.807, 2.05) is 31.2 Å². The highest BCUT2D eigenvalue weighted by molar-refractivity contribution is 7.89. The molecule has 0 radical (unpaired) electrons. The summed E-state index contributed by atoms with van der Waals surface area (Å²) >= 11 is 3.84. The van der Waals surface area contributed by atoms with Crippen LogP contribution in [0.25, 0.3) is 11.3 Å². The van der Waals surface area contributed by atoms with Gasteiger partial charge in [0, 0.05) is 5.70 Å². The normalized spacial score (nSPS) is 16.5. The van der Waals surface area contributed by atoms with Crippen LogP contribution in [0.5, 0.6) is 0 Å². The predicted octanol–water partition coefficient (Wildman–Crippen LogP) is -0.300. The van der Waals surface area contributed by atoms with Gasteiger partial charge in [-0.15, -0.1) is 0 Å². The van der Waals surface area contributed by atoms with E-state index in [2.05, 4.69) is 50.9 Å². The number of carbonyl (C=O) groups is 4. The number of amides is 4. The summed E-state index contributed by atoms with van der Waals surface area (Å²) in [4.78, 5) is 48.2. The second-order valence-corrected chi connectivity index (χ2v) is 12.4. The van der Waals surface area contributed by atoms with Crippen LogP contribution in [-0.2, 0) is 24.4 Å². The number of carbonyl (C=O) groups excluding carboxylic acids is 4. The summed E-state index contributed by atoms with van der Waals surface area (Å²) < 4.78 is 25.4. The molecule has 7 N–H and O–H groups in total. The molecule has 14 nitrogen and oxygen atoms in total. The average molecular weight is 635 g/mol. The minimum absolute atomic E-state index is 0.0351. The number of hydrogen-bond donors (Lipinski definition) is 7. The largest absolute Gasteiger partial charge is 0.379 e. The van der Waals surface area contributed by atoms with Crippen molar-refractivity contribution in [2.24, 2.45) is 5.14 Å². The molecule has 0 aliphatic heterocycles. The number of nitrogens with two attached hydrogens (primary N) is 1. The molecule has 0 unspecified atom stereocenters. The van der Waals surface area contributed by atoms with Crippen LogP contribution in [0.15, 0.2) is 42.6 Å². The molecule has 234 valence electrons. The van der Waals surface area contributed by atoms with Crippen molar-refractivity contribution in [2.45, 2.75) is 43.9 Å². The lowest BCUT2D eigenvalue weighted by atomic mass is 9.94. The standard InChI is InChI=1S/C27H38N8O6S2/c1-17-3-5-19(6-4-17)23-11-22(34-35(23)20-7-9-21(10-8-20)43(28,40)41)27(39)33-16-32-25(37)14-31-24(36)13-29-18(2)12-30-26(38)15-42/h3-6,11,20-21,29,42H,2,7-10,12-16H2,1H3,(H,30,38)(H,31,36)(H,32,37)(H,33,39)(H2,28,40,41). The Bertz CT molecular complexity index is 1430. The lowest BCUT2D eigenvalue weighted by Gasteiger charge is -2.28. The number of hydrogen-bond acceptors (Lipinski definition) is 9. The first-order valence-electron chi connectivity index (χ1n) is 13.7. The summed E-state index contributed by atoms with van der Waals surface area (Å²) in [5.41, 5.74) is 3.21. The predicted molar refractivity (Wildman–Crippen MR) is 164 cm³/mol. The first-order valence-corrected chi connectivity index (χ1v) is 15.9. The molecular formula is C27H38N8O6S2. The number of nitrogens with one attached hydrogen (secondary N) is 5. The van der Waals surface area contributed by atoms with Crippen LogP contribution in [0.4, 0.5) is 0 Å². The van der Waals surface area contributed by atoms with E-state index in [4.69, 9.17) is 5.14 Å². The van der Waals surface area contributed by atoms with Gasteiger partial charge < -0.3 is 26.6 Å². The van der Waals surface area contributed by atoms with Gasteiger partial charge in [0.15, 0.2) is 5.69 Å². The number of aromatic nitrogens is 2. The van der Waals surface area contributed by atoms with Crippen LogP contribution in [-0.4, -0.2) is 79.1 Å². The fraction of sp³-hybridized carbons (Fsp3) is 0.444. The van der Waals surface area contributed by atoms with Crippen LogP contribution >= 0.6 is 12.6 Å². The zero-order valence-electron chi connectivity index (χ0n) is 23.9. The third kappa shape index (κ3) is 10.4. The van der Waals surface area contributed by atoms with Crippen LogP contribution in [0.1, 0.15) is 47.8 Å². The van der Waals surface area contributed by atoms with Gasteiger partial charge in [0.1, 0.15) is 0 Å².